The lowest BCUT2D eigenvalue weighted by atomic mass is 9.96. The smallest absolute Gasteiger partial charge is 0.394 e. The van der Waals surface area contributed by atoms with Gasteiger partial charge in [-0.05, 0) is 12.8 Å². The molecule has 14 heteroatoms. The van der Waals surface area contributed by atoms with Crippen LogP contribution in [0, 0.1) is 0 Å². The Morgan fingerprint density at radius 2 is 1.23 bits per heavy atom. The van der Waals surface area contributed by atoms with Crippen LogP contribution in [-0.2, 0) is 23.4 Å². The molecule has 0 aromatic rings. The zero-order chi connectivity index (χ0) is 35.8. The van der Waals surface area contributed by atoms with Crippen LogP contribution in [0.25, 0.3) is 0 Å². The number of phosphoric acid groups is 1. The number of amides is 1. The van der Waals surface area contributed by atoms with Gasteiger partial charge in [-0.1, -0.05) is 129 Å². The number of carbonyl (C=O) groups is 1. The first-order chi connectivity index (χ1) is 22.9. The second-order valence-electron chi connectivity index (χ2n) is 13.4. The first-order valence-corrected chi connectivity index (χ1v) is 20.1. The Balaban J connectivity index is 2.69. The van der Waals surface area contributed by atoms with Crippen molar-refractivity contribution in [3.05, 3.63) is 0 Å². The lowest BCUT2D eigenvalue weighted by Gasteiger charge is -2.44. The fraction of sp³-hybridized carbons (Fsp3) is 0.971. The van der Waals surface area contributed by atoms with Gasteiger partial charge >= 0.3 is 7.82 Å². The average Bonchev–Trinajstić information content (AvgIpc) is 3.01. The van der Waals surface area contributed by atoms with Crippen molar-refractivity contribution < 1.29 is 58.7 Å². The maximum Gasteiger partial charge on any atom is 0.472 e. The summed E-state index contributed by atoms with van der Waals surface area (Å²) in [5, 5.41) is 54.8. The molecule has 0 radical (unpaired) electrons. The van der Waals surface area contributed by atoms with Crippen LogP contribution in [0.2, 0.25) is 0 Å². The zero-order valence-corrected chi connectivity index (χ0v) is 30.4. The normalized spacial score (nSPS) is 23.6. The van der Waals surface area contributed by atoms with Crippen molar-refractivity contribution in [2.24, 2.45) is 0 Å². The van der Waals surface area contributed by atoms with Crippen molar-refractivity contribution in [1.29, 1.82) is 0 Å². The van der Waals surface area contributed by atoms with Gasteiger partial charge in [-0.3, -0.25) is 9.32 Å². The minimum Gasteiger partial charge on any atom is -0.394 e. The topological polar surface area (TPSA) is 215 Å². The Bertz CT molecular complexity index is 849. The van der Waals surface area contributed by atoms with Crippen molar-refractivity contribution in [1.82, 2.24) is 5.32 Å². The number of nitrogens with one attached hydrogen (secondary N) is 1. The minimum absolute atomic E-state index is 0.215. The number of hydrogen-bond donors (Lipinski definition) is 8. The first-order valence-electron chi connectivity index (χ1n) is 18.6. The Hall–Kier alpha value is -0.700. The third-order valence-electron chi connectivity index (χ3n) is 8.91. The SMILES string of the molecule is CCCCCCCCCCC[C@@H](O)CC(=O)N[C@H]1[C@@H](OP(=O)(O)O)O[C@H](CO)[C@@H](O)[C@@H]1O[C@@H](O)C[C@H](O)CCCCCCCCCCC. The van der Waals surface area contributed by atoms with E-state index in [4.69, 9.17) is 14.0 Å². The monoisotopic (exact) mass is 713 g/mol. The van der Waals surface area contributed by atoms with Gasteiger partial charge in [0.2, 0.25) is 5.91 Å². The van der Waals surface area contributed by atoms with E-state index in [1.165, 1.54) is 64.2 Å². The quantitative estimate of drug-likeness (QED) is 0.0289. The minimum atomic E-state index is -5.19. The van der Waals surface area contributed by atoms with E-state index in [1.807, 2.05) is 0 Å². The van der Waals surface area contributed by atoms with Crippen LogP contribution >= 0.6 is 7.82 Å². The van der Waals surface area contributed by atoms with Gasteiger partial charge in [-0.15, -0.1) is 0 Å². The van der Waals surface area contributed by atoms with Gasteiger partial charge in [-0.2, -0.15) is 0 Å². The number of ether oxygens (including phenoxy) is 2. The number of unbranched alkanes of at least 4 members (excludes halogenated alkanes) is 16. The molecule has 13 nitrogen and oxygen atoms in total. The van der Waals surface area contributed by atoms with Gasteiger partial charge in [-0.25, -0.2) is 4.57 Å². The van der Waals surface area contributed by atoms with E-state index >= 15 is 0 Å². The first kappa shape index (κ1) is 45.3. The summed E-state index contributed by atoms with van der Waals surface area (Å²) in [4.78, 5) is 31.9. The standard InChI is InChI=1S/C34H68NO12P/c1-3-5-7-9-11-13-15-17-19-21-26(37)23-29(39)35-31-33(32(41)28(25-36)45-34(31)47-48(42,43)44)46-30(40)24-27(38)22-20-18-16-14-12-10-8-6-4-2/h26-28,30-34,36-38,40-41H,3-25H2,1-2H3,(H,35,39)(H2,42,43,44)/t26-,27-,28-,30-,31-,32-,33-,34-/m1/s1. The number of aliphatic hydroxyl groups excluding tert-OH is 5. The molecule has 1 aliphatic heterocycles. The second-order valence-corrected chi connectivity index (χ2v) is 14.6. The van der Waals surface area contributed by atoms with E-state index in [2.05, 4.69) is 19.2 Å². The van der Waals surface area contributed by atoms with Crippen molar-refractivity contribution >= 4 is 13.7 Å². The molecule has 8 N–H and O–H groups in total. The molecule has 0 unspecified atom stereocenters. The molecule has 48 heavy (non-hydrogen) atoms. The number of aliphatic hydroxyl groups is 5. The van der Waals surface area contributed by atoms with Crippen LogP contribution in [0.15, 0.2) is 0 Å². The lowest BCUT2D eigenvalue weighted by molar-refractivity contribution is -0.282. The maximum atomic E-state index is 13.0. The van der Waals surface area contributed by atoms with E-state index in [0.29, 0.717) is 12.8 Å². The zero-order valence-electron chi connectivity index (χ0n) is 29.5. The molecule has 1 heterocycles. The molecule has 1 saturated heterocycles. The van der Waals surface area contributed by atoms with Crippen LogP contribution in [0.3, 0.4) is 0 Å². The molecule has 286 valence electrons. The number of carbonyl (C=O) groups excluding carboxylic acids is 1. The summed E-state index contributed by atoms with van der Waals surface area (Å²) >= 11 is 0. The highest BCUT2D eigenvalue weighted by atomic mass is 31.2. The molecule has 1 aliphatic rings. The molecule has 0 aromatic carbocycles. The number of phosphoric ester groups is 1. The largest absolute Gasteiger partial charge is 0.472 e. The van der Waals surface area contributed by atoms with Crippen molar-refractivity contribution in [3.63, 3.8) is 0 Å². The summed E-state index contributed by atoms with van der Waals surface area (Å²) in [7, 11) is -5.19. The van der Waals surface area contributed by atoms with Gasteiger partial charge in [0.1, 0.15) is 24.4 Å². The van der Waals surface area contributed by atoms with E-state index in [9.17, 15) is 44.7 Å². The highest BCUT2D eigenvalue weighted by molar-refractivity contribution is 7.46. The summed E-state index contributed by atoms with van der Waals surface area (Å²) in [6.45, 7) is 3.59. The maximum absolute atomic E-state index is 13.0. The molecular weight excluding hydrogens is 645 g/mol. The molecular formula is C34H68NO12P. The molecule has 0 aliphatic carbocycles. The van der Waals surface area contributed by atoms with Crippen LogP contribution in [0.1, 0.15) is 155 Å². The lowest BCUT2D eigenvalue weighted by Crippen LogP contribution is -2.66. The molecule has 0 aromatic heterocycles. The van der Waals surface area contributed by atoms with Crippen molar-refractivity contribution in [2.75, 3.05) is 6.61 Å². The van der Waals surface area contributed by atoms with Crippen LogP contribution < -0.4 is 5.32 Å². The molecule has 1 fully saturated rings. The van der Waals surface area contributed by atoms with Gasteiger partial charge in [0.05, 0.1) is 25.2 Å². The Kier molecular flexibility index (Phi) is 25.5. The van der Waals surface area contributed by atoms with Crippen molar-refractivity contribution in [3.8, 4) is 0 Å². The summed E-state index contributed by atoms with van der Waals surface area (Å²) in [6, 6.07) is -1.54. The number of rotatable bonds is 30. The van der Waals surface area contributed by atoms with Gasteiger partial charge < -0.3 is 50.1 Å². The van der Waals surface area contributed by atoms with Crippen LogP contribution in [0.4, 0.5) is 0 Å². The van der Waals surface area contributed by atoms with E-state index in [0.717, 1.165) is 51.4 Å². The van der Waals surface area contributed by atoms with E-state index in [1.54, 1.807) is 0 Å². The molecule has 1 rings (SSSR count). The molecule has 1 amide bonds. The van der Waals surface area contributed by atoms with Crippen LogP contribution in [-0.4, -0.2) is 97.0 Å². The van der Waals surface area contributed by atoms with Gasteiger partial charge in [0.25, 0.3) is 0 Å². The molecule has 0 saturated carbocycles. The third kappa shape index (κ3) is 21.5. The third-order valence-corrected chi connectivity index (χ3v) is 9.40. The van der Waals surface area contributed by atoms with Crippen LogP contribution in [0.5, 0.6) is 0 Å². The predicted molar refractivity (Wildman–Crippen MR) is 183 cm³/mol. The summed E-state index contributed by atoms with van der Waals surface area (Å²) in [5.74, 6) is -0.713. The summed E-state index contributed by atoms with van der Waals surface area (Å²) in [5.41, 5.74) is 0. The fourth-order valence-corrected chi connectivity index (χ4v) is 6.59. The van der Waals surface area contributed by atoms with E-state index < -0.39 is 69.5 Å². The Morgan fingerprint density at radius 3 is 1.69 bits per heavy atom. The van der Waals surface area contributed by atoms with Gasteiger partial charge in [0.15, 0.2) is 12.6 Å². The second kappa shape index (κ2) is 27.0. The van der Waals surface area contributed by atoms with Crippen molar-refractivity contribution in [2.45, 2.75) is 204 Å². The summed E-state index contributed by atoms with van der Waals surface area (Å²) in [6.07, 6.45) is 10.3. The summed E-state index contributed by atoms with van der Waals surface area (Å²) < 4.78 is 27.5. The Morgan fingerprint density at radius 1 is 0.771 bits per heavy atom. The highest BCUT2D eigenvalue weighted by Gasteiger charge is 2.50. The number of hydrogen-bond acceptors (Lipinski definition) is 10. The fourth-order valence-electron chi connectivity index (χ4n) is 6.14. The molecule has 8 atom stereocenters. The molecule has 0 bridgehead atoms. The average molecular weight is 714 g/mol. The molecule has 0 spiro atoms. The highest BCUT2D eigenvalue weighted by Crippen LogP contribution is 2.41. The Labute approximate surface area is 288 Å². The van der Waals surface area contributed by atoms with Gasteiger partial charge in [0, 0.05) is 6.42 Å². The predicted octanol–water partition coefficient (Wildman–Crippen LogP) is 4.71. The van der Waals surface area contributed by atoms with E-state index in [-0.39, 0.29) is 12.8 Å².